The zero-order valence-electron chi connectivity index (χ0n) is 21.9. The maximum absolute atomic E-state index is 4.01. The lowest BCUT2D eigenvalue weighted by Gasteiger charge is -2.33. The summed E-state index contributed by atoms with van der Waals surface area (Å²) in [5.41, 5.74) is 2.86. The fourth-order valence-electron chi connectivity index (χ4n) is 5.53. The largest absolute Gasteiger partial charge is 0.308 e. The first kappa shape index (κ1) is 27.0. The minimum Gasteiger partial charge on any atom is -0.308 e. The molecule has 0 saturated heterocycles. The predicted molar refractivity (Wildman–Crippen MR) is 182 cm³/mol. The van der Waals surface area contributed by atoms with E-state index in [9.17, 15) is 0 Å². The third-order valence-electron chi connectivity index (χ3n) is 7.51. The summed E-state index contributed by atoms with van der Waals surface area (Å²) in [4.78, 5) is 11.1. The van der Waals surface area contributed by atoms with E-state index < -0.39 is 0 Å². The maximum Gasteiger partial charge on any atom is 0.0494 e. The normalized spacial score (nSPS) is 17.5. The van der Waals surface area contributed by atoms with Gasteiger partial charge in [-0.3, -0.25) is 0 Å². The van der Waals surface area contributed by atoms with E-state index in [0.717, 1.165) is 13.1 Å². The molecular formula is C32H30N2S6. The van der Waals surface area contributed by atoms with Gasteiger partial charge in [0.1, 0.15) is 0 Å². The van der Waals surface area contributed by atoms with E-state index in [0.29, 0.717) is 12.1 Å². The van der Waals surface area contributed by atoms with Crippen LogP contribution in [0.5, 0.6) is 0 Å². The first-order valence-electron chi connectivity index (χ1n) is 13.7. The van der Waals surface area contributed by atoms with Crippen LogP contribution in [-0.4, -0.2) is 12.1 Å². The summed E-state index contributed by atoms with van der Waals surface area (Å²) in [7, 11) is 0. The van der Waals surface area contributed by atoms with Crippen LogP contribution in [0.2, 0.25) is 0 Å². The minimum atomic E-state index is 0.482. The Balaban J connectivity index is 1.08. The Kier molecular flexibility index (Phi) is 8.47. The molecule has 6 heterocycles. The average Bonchev–Trinajstić information content (AvgIpc) is 3.83. The minimum absolute atomic E-state index is 0.482. The van der Waals surface area contributed by atoms with Crippen molar-refractivity contribution in [2.45, 2.75) is 50.9 Å². The van der Waals surface area contributed by atoms with Crippen LogP contribution in [0.25, 0.3) is 39.0 Å². The molecule has 0 spiro atoms. The van der Waals surface area contributed by atoms with Crippen molar-refractivity contribution in [2.24, 2.45) is 0 Å². The summed E-state index contributed by atoms with van der Waals surface area (Å²) in [5, 5.41) is 16.8. The highest BCUT2D eigenvalue weighted by Crippen LogP contribution is 2.43. The van der Waals surface area contributed by atoms with Gasteiger partial charge in [0.15, 0.2) is 0 Å². The fraction of sp³-hybridized carbons (Fsp3) is 0.250. The van der Waals surface area contributed by atoms with Crippen LogP contribution in [0.4, 0.5) is 0 Å². The molecule has 204 valence electrons. The van der Waals surface area contributed by atoms with Crippen LogP contribution < -0.4 is 10.6 Å². The summed E-state index contributed by atoms with van der Waals surface area (Å²) in [6, 6.07) is 23.5. The number of nitrogens with one attached hydrogen (secondary N) is 2. The molecule has 1 aliphatic rings. The van der Waals surface area contributed by atoms with Gasteiger partial charge in [0.05, 0.1) is 0 Å². The number of hydrogen-bond donors (Lipinski definition) is 2. The standard InChI is InChI=1S/C32H30N2S6/c1-2-8-24(34-20-22-18-30(26-10-4-14-36-26)40-32(22)28-12-6-16-38-28)23(7-1)33-19-21-17-29(25-9-3-13-35-25)39-31(21)27-11-5-15-37-27/h3-6,9-18,23-24,33-34H,1-2,7-8,19-20H2/t23-,24-/m0/s1. The van der Waals surface area contributed by atoms with Crippen molar-refractivity contribution in [2.75, 3.05) is 0 Å². The van der Waals surface area contributed by atoms with Crippen molar-refractivity contribution >= 4 is 68.0 Å². The summed E-state index contributed by atoms with van der Waals surface area (Å²) < 4.78 is 0. The summed E-state index contributed by atoms with van der Waals surface area (Å²) in [6.07, 6.45) is 5.07. The molecule has 2 atom stereocenters. The second-order valence-corrected chi connectivity index (χ2v) is 16.0. The van der Waals surface area contributed by atoms with E-state index in [4.69, 9.17) is 0 Å². The number of thiophene rings is 6. The molecule has 40 heavy (non-hydrogen) atoms. The van der Waals surface area contributed by atoms with Gasteiger partial charge in [-0.25, -0.2) is 0 Å². The van der Waals surface area contributed by atoms with Crippen molar-refractivity contribution in [3.8, 4) is 39.0 Å². The molecule has 1 aliphatic carbocycles. The Morgan fingerprint density at radius 3 is 1.30 bits per heavy atom. The smallest absolute Gasteiger partial charge is 0.0494 e. The van der Waals surface area contributed by atoms with Gasteiger partial charge in [0, 0.05) is 64.2 Å². The molecule has 2 N–H and O–H groups in total. The van der Waals surface area contributed by atoms with Crippen molar-refractivity contribution in [3.63, 3.8) is 0 Å². The van der Waals surface area contributed by atoms with Gasteiger partial charge < -0.3 is 10.6 Å². The lowest BCUT2D eigenvalue weighted by atomic mass is 9.90. The Labute approximate surface area is 260 Å². The van der Waals surface area contributed by atoms with Gasteiger partial charge in [-0.1, -0.05) is 37.1 Å². The van der Waals surface area contributed by atoms with Crippen LogP contribution in [0.15, 0.2) is 82.2 Å². The number of hydrogen-bond acceptors (Lipinski definition) is 8. The summed E-state index contributed by atoms with van der Waals surface area (Å²) in [5.74, 6) is 0. The average molecular weight is 635 g/mol. The zero-order valence-corrected chi connectivity index (χ0v) is 26.8. The Morgan fingerprint density at radius 1 is 0.525 bits per heavy atom. The highest BCUT2D eigenvalue weighted by atomic mass is 32.1. The molecule has 0 amide bonds. The van der Waals surface area contributed by atoms with Gasteiger partial charge in [-0.05, 0) is 81.9 Å². The van der Waals surface area contributed by atoms with Crippen LogP contribution in [-0.2, 0) is 13.1 Å². The van der Waals surface area contributed by atoms with Gasteiger partial charge >= 0.3 is 0 Å². The van der Waals surface area contributed by atoms with Crippen LogP contribution in [0.1, 0.15) is 36.8 Å². The second-order valence-electron chi connectivity index (χ2n) is 10.1. The molecule has 7 rings (SSSR count). The SMILES string of the molecule is c1csc(-c2cc(CN[C@H]3CCCC[C@@H]3NCc3cc(-c4cccs4)sc3-c3cccs3)c(-c3cccs3)s2)c1. The Hall–Kier alpha value is -1.88. The molecule has 2 nitrogen and oxygen atoms in total. The molecule has 1 fully saturated rings. The van der Waals surface area contributed by atoms with E-state index in [1.807, 2.05) is 68.0 Å². The summed E-state index contributed by atoms with van der Waals surface area (Å²) in [6.45, 7) is 1.83. The first-order chi connectivity index (χ1) is 19.8. The van der Waals surface area contributed by atoms with Crippen molar-refractivity contribution in [3.05, 3.63) is 93.3 Å². The number of rotatable bonds is 10. The molecule has 0 bridgehead atoms. The Morgan fingerprint density at radius 2 is 0.925 bits per heavy atom. The Bertz CT molecular complexity index is 1480. The van der Waals surface area contributed by atoms with Crippen LogP contribution in [0.3, 0.4) is 0 Å². The lowest BCUT2D eigenvalue weighted by molar-refractivity contribution is 0.281. The van der Waals surface area contributed by atoms with Crippen LogP contribution in [0, 0.1) is 0 Å². The first-order valence-corrected chi connectivity index (χ1v) is 18.8. The van der Waals surface area contributed by atoms with Gasteiger partial charge in [0.2, 0.25) is 0 Å². The fourth-order valence-corrected chi connectivity index (χ4v) is 11.3. The second kappa shape index (κ2) is 12.5. The monoisotopic (exact) mass is 634 g/mol. The third kappa shape index (κ3) is 5.87. The zero-order chi connectivity index (χ0) is 26.7. The van der Waals surface area contributed by atoms with Crippen molar-refractivity contribution in [1.82, 2.24) is 10.6 Å². The molecule has 1 saturated carbocycles. The topological polar surface area (TPSA) is 24.1 Å². The summed E-state index contributed by atoms with van der Waals surface area (Å²) >= 11 is 11.2. The molecule has 0 aromatic carbocycles. The van der Waals surface area contributed by atoms with E-state index in [2.05, 4.69) is 92.8 Å². The van der Waals surface area contributed by atoms with Crippen molar-refractivity contribution < 1.29 is 0 Å². The molecule has 0 aliphatic heterocycles. The molecule has 6 aromatic rings. The lowest BCUT2D eigenvalue weighted by Crippen LogP contribution is -2.49. The third-order valence-corrected chi connectivity index (χ3v) is 14.1. The highest BCUT2D eigenvalue weighted by Gasteiger charge is 2.26. The van der Waals surface area contributed by atoms with Gasteiger partial charge in [0.25, 0.3) is 0 Å². The quantitative estimate of drug-likeness (QED) is 0.157. The van der Waals surface area contributed by atoms with Gasteiger partial charge in [-0.15, -0.1) is 68.0 Å². The predicted octanol–water partition coefficient (Wildman–Crippen LogP) is 10.9. The molecular weight excluding hydrogens is 605 g/mol. The molecule has 0 unspecified atom stereocenters. The maximum atomic E-state index is 4.01. The van der Waals surface area contributed by atoms with Crippen molar-refractivity contribution in [1.29, 1.82) is 0 Å². The van der Waals surface area contributed by atoms with Crippen LogP contribution >= 0.6 is 68.0 Å². The highest BCUT2D eigenvalue weighted by molar-refractivity contribution is 7.26. The van der Waals surface area contributed by atoms with E-state index in [-0.39, 0.29) is 0 Å². The van der Waals surface area contributed by atoms with Gasteiger partial charge in [-0.2, -0.15) is 0 Å². The van der Waals surface area contributed by atoms with E-state index in [1.165, 1.54) is 75.8 Å². The van der Waals surface area contributed by atoms with E-state index >= 15 is 0 Å². The molecule has 0 radical (unpaired) electrons. The molecule has 8 heteroatoms. The molecule has 6 aromatic heterocycles. The van der Waals surface area contributed by atoms with E-state index in [1.54, 1.807) is 0 Å².